The van der Waals surface area contributed by atoms with Crippen molar-refractivity contribution >= 4 is 34.2 Å². The average molecular weight is 393 g/mol. The van der Waals surface area contributed by atoms with E-state index in [9.17, 15) is 0 Å². The average Bonchev–Trinajstić information content (AvgIpc) is 2.34. The second-order valence-electron chi connectivity index (χ2n) is 6.69. The second kappa shape index (κ2) is 5.84. The highest BCUT2D eigenvalue weighted by molar-refractivity contribution is 14.1. The first-order valence-corrected chi connectivity index (χ1v) is 8.44. The van der Waals surface area contributed by atoms with Gasteiger partial charge in [0.05, 0.1) is 9.26 Å². The van der Waals surface area contributed by atoms with Crippen LogP contribution in [0, 0.1) is 21.8 Å². The predicted molar refractivity (Wildman–Crippen MR) is 88.7 cm³/mol. The molecule has 0 saturated heterocycles. The van der Waals surface area contributed by atoms with Crippen LogP contribution in [0.4, 0.5) is 0 Å². The number of hydrogen-bond donors (Lipinski definition) is 0. The summed E-state index contributed by atoms with van der Waals surface area (Å²) in [6.45, 7) is 9.06. The van der Waals surface area contributed by atoms with Gasteiger partial charge in [0, 0.05) is 5.92 Å². The van der Waals surface area contributed by atoms with Crippen molar-refractivity contribution in [3.63, 3.8) is 0 Å². The van der Waals surface area contributed by atoms with Gasteiger partial charge >= 0.3 is 0 Å². The zero-order chi connectivity index (χ0) is 14.2. The lowest BCUT2D eigenvalue weighted by molar-refractivity contribution is 0.167. The van der Waals surface area contributed by atoms with Crippen LogP contribution in [0.3, 0.4) is 0 Å². The van der Waals surface area contributed by atoms with Crippen LogP contribution in [0.2, 0.25) is 5.15 Å². The summed E-state index contributed by atoms with van der Waals surface area (Å²) in [6.07, 6.45) is 4.94. The summed E-state index contributed by atoms with van der Waals surface area (Å²) < 4.78 is 0.978. The van der Waals surface area contributed by atoms with Crippen molar-refractivity contribution in [1.29, 1.82) is 0 Å². The van der Waals surface area contributed by atoms with E-state index in [2.05, 4.69) is 53.3 Å². The fraction of sp³-hybridized carbons (Fsp3) is 0.733. The first-order valence-electron chi connectivity index (χ1n) is 6.98. The van der Waals surface area contributed by atoms with Crippen molar-refractivity contribution in [3.8, 4) is 0 Å². The van der Waals surface area contributed by atoms with Gasteiger partial charge in [-0.15, -0.1) is 0 Å². The lowest BCUT2D eigenvalue weighted by Crippen LogP contribution is -2.26. The monoisotopic (exact) mass is 392 g/mol. The summed E-state index contributed by atoms with van der Waals surface area (Å²) in [5, 5.41) is 0.612. The molecular weight excluding hydrogens is 371 g/mol. The third-order valence-corrected chi connectivity index (χ3v) is 6.19. The fourth-order valence-corrected chi connectivity index (χ4v) is 3.41. The molecule has 0 radical (unpaired) electrons. The molecule has 0 atom stereocenters. The molecule has 4 heteroatoms. The van der Waals surface area contributed by atoms with E-state index in [0.717, 1.165) is 21.0 Å². The maximum absolute atomic E-state index is 6.18. The van der Waals surface area contributed by atoms with E-state index in [4.69, 9.17) is 11.6 Å². The number of halogens is 2. The fourth-order valence-electron chi connectivity index (χ4n) is 2.95. The largest absolute Gasteiger partial charge is 0.237 e. The number of aromatic nitrogens is 2. The Balaban J connectivity index is 2.10. The highest BCUT2D eigenvalue weighted by Gasteiger charge is 2.31. The molecule has 1 aliphatic rings. The van der Waals surface area contributed by atoms with Gasteiger partial charge in [-0.3, -0.25) is 0 Å². The maximum Gasteiger partial charge on any atom is 0.146 e. The van der Waals surface area contributed by atoms with Crippen molar-refractivity contribution < 1.29 is 0 Å². The van der Waals surface area contributed by atoms with Crippen molar-refractivity contribution in [3.05, 3.63) is 20.2 Å². The number of nitrogens with zero attached hydrogens (tertiary/aromatic N) is 2. The van der Waals surface area contributed by atoms with Crippen LogP contribution >= 0.6 is 34.2 Å². The molecule has 0 aliphatic heterocycles. The molecule has 1 aliphatic carbocycles. The van der Waals surface area contributed by atoms with E-state index in [1.165, 1.54) is 25.7 Å². The smallest absolute Gasteiger partial charge is 0.146 e. The molecular formula is C15H22ClIN2. The number of hydrogen-bond acceptors (Lipinski definition) is 2. The van der Waals surface area contributed by atoms with Crippen LogP contribution < -0.4 is 0 Å². The Hall–Kier alpha value is 0.100. The van der Waals surface area contributed by atoms with Crippen molar-refractivity contribution in [2.75, 3.05) is 0 Å². The van der Waals surface area contributed by atoms with Crippen molar-refractivity contribution in [2.45, 2.75) is 59.3 Å². The minimum atomic E-state index is 0.422. The van der Waals surface area contributed by atoms with Crippen LogP contribution in [-0.2, 0) is 0 Å². The molecule has 0 bridgehead atoms. The first kappa shape index (κ1) is 15.5. The van der Waals surface area contributed by atoms with Gasteiger partial charge in [0.1, 0.15) is 11.0 Å². The van der Waals surface area contributed by atoms with Crippen molar-refractivity contribution in [1.82, 2.24) is 9.97 Å². The van der Waals surface area contributed by atoms with E-state index in [1.54, 1.807) is 0 Å². The van der Waals surface area contributed by atoms with Crippen LogP contribution in [0.25, 0.3) is 0 Å². The van der Waals surface area contributed by atoms with Crippen LogP contribution in [0.5, 0.6) is 0 Å². The Morgan fingerprint density at radius 2 is 1.68 bits per heavy atom. The zero-order valence-corrected chi connectivity index (χ0v) is 15.0. The zero-order valence-electron chi connectivity index (χ0n) is 12.1. The molecule has 0 unspecified atom stereocenters. The standard InChI is InChI=1S/C15H22ClIN2/c1-9-12(17)13(16)19-14(18-9)10-5-7-11(8-6-10)15(2,3)4/h10-11H,5-8H2,1-4H3. The Morgan fingerprint density at radius 1 is 1.11 bits per heavy atom. The minimum Gasteiger partial charge on any atom is -0.237 e. The number of aryl methyl sites for hydroxylation is 1. The summed E-state index contributed by atoms with van der Waals surface area (Å²) in [6, 6.07) is 0. The highest BCUT2D eigenvalue weighted by atomic mass is 127. The first-order chi connectivity index (χ1) is 8.79. The molecule has 1 fully saturated rings. The molecule has 1 saturated carbocycles. The number of rotatable bonds is 1. The van der Waals surface area contributed by atoms with E-state index in [-0.39, 0.29) is 0 Å². The summed E-state index contributed by atoms with van der Waals surface area (Å²) in [5.74, 6) is 2.27. The molecule has 0 aromatic carbocycles. The predicted octanol–water partition coefficient (Wildman–Crippen LogP) is 5.36. The lowest BCUT2D eigenvalue weighted by Gasteiger charge is -2.36. The Kier molecular flexibility index (Phi) is 4.76. The van der Waals surface area contributed by atoms with Gasteiger partial charge in [0.2, 0.25) is 0 Å². The van der Waals surface area contributed by atoms with Crippen molar-refractivity contribution in [2.24, 2.45) is 11.3 Å². The summed E-state index contributed by atoms with van der Waals surface area (Å²) in [5.41, 5.74) is 1.43. The van der Waals surface area contributed by atoms with E-state index in [0.29, 0.717) is 16.5 Å². The Morgan fingerprint density at radius 3 is 2.16 bits per heavy atom. The molecule has 1 aromatic heterocycles. The molecule has 2 rings (SSSR count). The molecule has 0 spiro atoms. The topological polar surface area (TPSA) is 25.8 Å². The quantitative estimate of drug-likeness (QED) is 0.475. The van der Waals surface area contributed by atoms with Crippen LogP contribution in [0.15, 0.2) is 0 Å². The molecule has 19 heavy (non-hydrogen) atoms. The van der Waals surface area contributed by atoms with Gasteiger partial charge in [-0.05, 0) is 66.5 Å². The van der Waals surface area contributed by atoms with Gasteiger partial charge in [-0.2, -0.15) is 0 Å². The van der Waals surface area contributed by atoms with Gasteiger partial charge in [-0.1, -0.05) is 32.4 Å². The lowest BCUT2D eigenvalue weighted by atomic mass is 9.70. The van der Waals surface area contributed by atoms with Gasteiger partial charge in [0.15, 0.2) is 0 Å². The van der Waals surface area contributed by atoms with E-state index in [1.807, 2.05) is 6.92 Å². The van der Waals surface area contributed by atoms with Gasteiger partial charge in [0.25, 0.3) is 0 Å². The van der Waals surface area contributed by atoms with Gasteiger partial charge < -0.3 is 0 Å². The second-order valence-corrected chi connectivity index (χ2v) is 8.12. The normalized spacial score (nSPS) is 24.5. The molecule has 1 aromatic rings. The molecule has 0 N–H and O–H groups in total. The minimum absolute atomic E-state index is 0.422. The van der Waals surface area contributed by atoms with Gasteiger partial charge in [-0.25, -0.2) is 9.97 Å². The Bertz CT molecular complexity index is 437. The Labute approximate surface area is 134 Å². The van der Waals surface area contributed by atoms with E-state index < -0.39 is 0 Å². The molecule has 0 amide bonds. The third kappa shape index (κ3) is 3.60. The molecule has 1 heterocycles. The maximum atomic E-state index is 6.18. The van der Waals surface area contributed by atoms with Crippen LogP contribution in [-0.4, -0.2) is 9.97 Å². The highest BCUT2D eigenvalue weighted by Crippen LogP contribution is 2.42. The summed E-state index contributed by atoms with van der Waals surface area (Å²) in [4.78, 5) is 9.13. The third-order valence-electron chi connectivity index (χ3n) is 4.31. The van der Waals surface area contributed by atoms with E-state index >= 15 is 0 Å². The summed E-state index contributed by atoms with van der Waals surface area (Å²) in [7, 11) is 0. The summed E-state index contributed by atoms with van der Waals surface area (Å²) >= 11 is 8.39. The molecule has 2 nitrogen and oxygen atoms in total. The SMILES string of the molecule is Cc1nc(C2CCC(C(C)(C)C)CC2)nc(Cl)c1I. The van der Waals surface area contributed by atoms with Crippen LogP contribution in [0.1, 0.15) is 63.9 Å². The molecule has 106 valence electrons.